The van der Waals surface area contributed by atoms with Crippen LogP contribution < -0.4 is 0 Å². The first-order valence-corrected chi connectivity index (χ1v) is 9.98. The topological polar surface area (TPSA) is 18.5 Å². The Hall–Kier alpha value is 0.137. The zero-order valence-electron chi connectivity index (χ0n) is 12.4. The van der Waals surface area contributed by atoms with E-state index in [0.717, 1.165) is 32.1 Å². The van der Waals surface area contributed by atoms with Crippen LogP contribution in [0.5, 0.6) is 0 Å². The van der Waals surface area contributed by atoms with E-state index in [1.807, 2.05) is 0 Å². The molecule has 0 saturated carbocycles. The number of rotatable bonds is 12. The molecule has 0 heterocycles. The molecule has 0 amide bonds. The van der Waals surface area contributed by atoms with Crippen molar-refractivity contribution >= 4 is 8.56 Å². The summed E-state index contributed by atoms with van der Waals surface area (Å²) in [5.41, 5.74) is 0. The van der Waals surface area contributed by atoms with E-state index in [0.29, 0.717) is 0 Å². The van der Waals surface area contributed by atoms with E-state index < -0.39 is 8.56 Å². The van der Waals surface area contributed by atoms with E-state index in [1.54, 1.807) is 0 Å². The van der Waals surface area contributed by atoms with Gasteiger partial charge in [0.05, 0.1) is 0 Å². The summed E-state index contributed by atoms with van der Waals surface area (Å²) in [6.07, 6.45) is 8.56. The van der Waals surface area contributed by atoms with Gasteiger partial charge in [0, 0.05) is 13.2 Å². The van der Waals surface area contributed by atoms with Crippen molar-refractivity contribution in [3.8, 4) is 0 Å². The number of hydrogen-bond donors (Lipinski definition) is 0. The molecule has 104 valence electrons. The Morgan fingerprint density at radius 2 is 1.18 bits per heavy atom. The van der Waals surface area contributed by atoms with Gasteiger partial charge in [-0.15, -0.1) is 0 Å². The van der Waals surface area contributed by atoms with Crippen molar-refractivity contribution in [2.45, 2.75) is 78.3 Å². The van der Waals surface area contributed by atoms with Gasteiger partial charge in [-0.3, -0.25) is 0 Å². The summed E-state index contributed by atoms with van der Waals surface area (Å²) in [5.74, 6) is 0. The standard InChI is InChI=1S/C14H32O2Si/c1-5-8-11-14-17(4,15-12-9-6-2)16-13-10-7-3/h5-14H2,1-4H3. The van der Waals surface area contributed by atoms with E-state index in [-0.39, 0.29) is 0 Å². The van der Waals surface area contributed by atoms with Crippen molar-refractivity contribution in [1.82, 2.24) is 0 Å². The summed E-state index contributed by atoms with van der Waals surface area (Å²) in [5, 5.41) is 0. The van der Waals surface area contributed by atoms with Crippen molar-refractivity contribution in [2.24, 2.45) is 0 Å². The monoisotopic (exact) mass is 260 g/mol. The highest BCUT2D eigenvalue weighted by atomic mass is 28.4. The maximum Gasteiger partial charge on any atom is 0.334 e. The average Bonchev–Trinajstić information content (AvgIpc) is 2.30. The highest BCUT2D eigenvalue weighted by Gasteiger charge is 2.30. The summed E-state index contributed by atoms with van der Waals surface area (Å²) in [4.78, 5) is 0. The van der Waals surface area contributed by atoms with Crippen molar-refractivity contribution in [3.63, 3.8) is 0 Å². The van der Waals surface area contributed by atoms with Gasteiger partial charge in [0.2, 0.25) is 0 Å². The molecule has 3 heteroatoms. The lowest BCUT2D eigenvalue weighted by Crippen LogP contribution is -2.39. The van der Waals surface area contributed by atoms with Crippen LogP contribution >= 0.6 is 0 Å². The second kappa shape index (κ2) is 11.2. The zero-order valence-corrected chi connectivity index (χ0v) is 13.4. The Morgan fingerprint density at radius 1 is 0.706 bits per heavy atom. The predicted molar refractivity (Wildman–Crippen MR) is 77.7 cm³/mol. The largest absolute Gasteiger partial charge is 0.394 e. The highest BCUT2D eigenvalue weighted by Crippen LogP contribution is 2.19. The molecular formula is C14H32O2Si. The maximum atomic E-state index is 6.08. The lowest BCUT2D eigenvalue weighted by atomic mass is 10.3. The van der Waals surface area contributed by atoms with Crippen LogP contribution in [0.15, 0.2) is 0 Å². The summed E-state index contributed by atoms with van der Waals surface area (Å²) >= 11 is 0. The first-order valence-electron chi connectivity index (χ1n) is 7.46. The second-order valence-electron chi connectivity index (χ2n) is 4.99. The van der Waals surface area contributed by atoms with E-state index in [1.165, 1.54) is 32.1 Å². The summed E-state index contributed by atoms with van der Waals surface area (Å²) in [7, 11) is -1.86. The molecule has 0 aliphatic carbocycles. The van der Waals surface area contributed by atoms with Gasteiger partial charge in [-0.2, -0.15) is 0 Å². The van der Waals surface area contributed by atoms with E-state index in [9.17, 15) is 0 Å². The van der Waals surface area contributed by atoms with Gasteiger partial charge in [-0.1, -0.05) is 52.9 Å². The molecule has 0 spiro atoms. The minimum Gasteiger partial charge on any atom is -0.394 e. The molecule has 0 aliphatic heterocycles. The smallest absolute Gasteiger partial charge is 0.334 e. The van der Waals surface area contributed by atoms with Crippen LogP contribution in [0.2, 0.25) is 12.6 Å². The predicted octanol–water partition coefficient (Wildman–Crippen LogP) is 4.88. The van der Waals surface area contributed by atoms with Crippen LogP contribution in [0, 0.1) is 0 Å². The normalized spacial score (nSPS) is 12.0. The van der Waals surface area contributed by atoms with Gasteiger partial charge in [-0.25, -0.2) is 0 Å². The minimum atomic E-state index is -1.86. The van der Waals surface area contributed by atoms with E-state index in [4.69, 9.17) is 8.85 Å². The van der Waals surface area contributed by atoms with Gasteiger partial charge in [0.25, 0.3) is 0 Å². The minimum absolute atomic E-state index is 0.886. The Morgan fingerprint density at radius 3 is 1.59 bits per heavy atom. The molecule has 0 unspecified atom stereocenters. The molecule has 0 rings (SSSR count). The van der Waals surface area contributed by atoms with Crippen molar-refractivity contribution in [2.75, 3.05) is 13.2 Å². The van der Waals surface area contributed by atoms with E-state index >= 15 is 0 Å². The fourth-order valence-corrected chi connectivity index (χ4v) is 4.16. The van der Waals surface area contributed by atoms with Gasteiger partial charge >= 0.3 is 8.56 Å². The van der Waals surface area contributed by atoms with Gasteiger partial charge < -0.3 is 8.85 Å². The van der Waals surface area contributed by atoms with Crippen LogP contribution in [0.3, 0.4) is 0 Å². The molecule has 0 aliphatic rings. The first kappa shape index (κ1) is 17.1. The summed E-state index contributed by atoms with van der Waals surface area (Å²) < 4.78 is 12.2. The summed E-state index contributed by atoms with van der Waals surface area (Å²) in [6, 6.07) is 1.16. The molecule has 0 bridgehead atoms. The van der Waals surface area contributed by atoms with Crippen molar-refractivity contribution in [3.05, 3.63) is 0 Å². The highest BCUT2D eigenvalue weighted by molar-refractivity contribution is 6.66. The molecule has 0 N–H and O–H groups in total. The number of hydrogen-bond acceptors (Lipinski definition) is 2. The molecule has 0 radical (unpaired) electrons. The van der Waals surface area contributed by atoms with Crippen LogP contribution in [0.4, 0.5) is 0 Å². The third-order valence-corrected chi connectivity index (χ3v) is 5.94. The first-order chi connectivity index (χ1) is 8.18. The fraction of sp³-hybridized carbons (Fsp3) is 1.00. The van der Waals surface area contributed by atoms with Gasteiger partial charge in [0.1, 0.15) is 0 Å². The van der Waals surface area contributed by atoms with Gasteiger partial charge in [-0.05, 0) is 25.4 Å². The third-order valence-electron chi connectivity index (χ3n) is 3.05. The average molecular weight is 260 g/mol. The molecule has 0 fully saturated rings. The Labute approximate surface area is 109 Å². The van der Waals surface area contributed by atoms with Crippen molar-refractivity contribution in [1.29, 1.82) is 0 Å². The Balaban J connectivity index is 3.95. The van der Waals surface area contributed by atoms with Crippen LogP contribution in [-0.2, 0) is 8.85 Å². The number of unbranched alkanes of at least 4 members (excludes halogenated alkanes) is 4. The molecule has 2 nitrogen and oxygen atoms in total. The molecule has 0 aromatic rings. The fourth-order valence-electron chi connectivity index (χ4n) is 1.75. The Kier molecular flexibility index (Phi) is 11.3. The third kappa shape index (κ3) is 9.80. The summed E-state index contributed by atoms with van der Waals surface area (Å²) in [6.45, 7) is 10.7. The lowest BCUT2D eigenvalue weighted by molar-refractivity contribution is 0.168. The molecule has 0 aromatic heterocycles. The molecule has 0 atom stereocenters. The second-order valence-corrected chi connectivity index (χ2v) is 8.34. The molecule has 17 heavy (non-hydrogen) atoms. The SMILES string of the molecule is CCCCC[Si](C)(OCCCC)OCCCC. The van der Waals surface area contributed by atoms with E-state index in [2.05, 4.69) is 27.3 Å². The molecule has 0 saturated heterocycles. The lowest BCUT2D eigenvalue weighted by Gasteiger charge is -2.27. The molecule has 0 aromatic carbocycles. The van der Waals surface area contributed by atoms with Crippen LogP contribution in [-0.4, -0.2) is 21.8 Å². The maximum absolute atomic E-state index is 6.08. The molecular weight excluding hydrogens is 228 g/mol. The van der Waals surface area contributed by atoms with Crippen LogP contribution in [0.1, 0.15) is 65.7 Å². The van der Waals surface area contributed by atoms with Gasteiger partial charge in [0.15, 0.2) is 0 Å². The quantitative estimate of drug-likeness (QED) is 0.368. The van der Waals surface area contributed by atoms with Crippen LogP contribution in [0.25, 0.3) is 0 Å². The van der Waals surface area contributed by atoms with Crippen molar-refractivity contribution < 1.29 is 8.85 Å². The zero-order chi connectivity index (χ0) is 13.0. The Bertz CT molecular complexity index is 136.